The van der Waals surface area contributed by atoms with Gasteiger partial charge in [0.1, 0.15) is 5.69 Å². The van der Waals surface area contributed by atoms with Crippen LogP contribution in [0.15, 0.2) is 18.3 Å². The standard InChI is InChI=1S/C14H18N2O4/c1-10-4-3-5-15-13(10)14(18)16-6-7-20-11(9-16)8-12(17)19-2/h3-5,11H,6-9H2,1-2H3. The number of morpholine rings is 1. The van der Waals surface area contributed by atoms with E-state index in [-0.39, 0.29) is 24.4 Å². The second kappa shape index (κ2) is 6.47. The van der Waals surface area contributed by atoms with Crippen molar-refractivity contribution in [3.63, 3.8) is 0 Å². The monoisotopic (exact) mass is 278 g/mol. The molecule has 0 saturated carbocycles. The van der Waals surface area contributed by atoms with Crippen molar-refractivity contribution in [3.8, 4) is 0 Å². The number of pyridine rings is 1. The van der Waals surface area contributed by atoms with Gasteiger partial charge in [0.25, 0.3) is 5.91 Å². The third kappa shape index (κ3) is 3.33. The zero-order valence-electron chi connectivity index (χ0n) is 11.7. The lowest BCUT2D eigenvalue weighted by Gasteiger charge is -2.32. The number of nitrogens with zero attached hydrogens (tertiary/aromatic N) is 2. The Morgan fingerprint density at radius 3 is 3.05 bits per heavy atom. The Morgan fingerprint density at radius 1 is 1.55 bits per heavy atom. The van der Waals surface area contributed by atoms with Crippen molar-refractivity contribution in [1.29, 1.82) is 0 Å². The number of aryl methyl sites for hydroxylation is 1. The molecule has 0 aromatic carbocycles. The Morgan fingerprint density at radius 2 is 2.35 bits per heavy atom. The fourth-order valence-corrected chi connectivity index (χ4v) is 2.16. The molecule has 1 saturated heterocycles. The van der Waals surface area contributed by atoms with E-state index in [1.807, 2.05) is 13.0 Å². The highest BCUT2D eigenvalue weighted by atomic mass is 16.5. The Labute approximate surface area is 117 Å². The largest absolute Gasteiger partial charge is 0.469 e. The minimum atomic E-state index is -0.335. The zero-order valence-corrected chi connectivity index (χ0v) is 11.7. The molecule has 108 valence electrons. The predicted octanol–water partition coefficient (Wildman–Crippen LogP) is 0.794. The minimum Gasteiger partial charge on any atom is -0.469 e. The maximum atomic E-state index is 12.4. The van der Waals surface area contributed by atoms with E-state index in [0.717, 1.165) is 5.56 Å². The maximum absolute atomic E-state index is 12.4. The molecule has 6 heteroatoms. The van der Waals surface area contributed by atoms with Gasteiger partial charge in [-0.25, -0.2) is 0 Å². The van der Waals surface area contributed by atoms with Gasteiger partial charge >= 0.3 is 5.97 Å². The van der Waals surface area contributed by atoms with Gasteiger partial charge in [-0.2, -0.15) is 0 Å². The molecule has 2 rings (SSSR count). The van der Waals surface area contributed by atoms with Crippen molar-refractivity contribution >= 4 is 11.9 Å². The quantitative estimate of drug-likeness (QED) is 0.765. The number of amides is 1. The van der Waals surface area contributed by atoms with Crippen molar-refractivity contribution in [2.75, 3.05) is 26.8 Å². The SMILES string of the molecule is COC(=O)CC1CN(C(=O)c2ncccc2C)CCO1. The van der Waals surface area contributed by atoms with E-state index in [4.69, 9.17) is 4.74 Å². The van der Waals surface area contributed by atoms with Gasteiger partial charge in [0.05, 0.1) is 26.2 Å². The third-order valence-electron chi connectivity index (χ3n) is 3.26. The van der Waals surface area contributed by atoms with Crippen molar-refractivity contribution in [3.05, 3.63) is 29.6 Å². The lowest BCUT2D eigenvalue weighted by Crippen LogP contribution is -2.46. The molecule has 20 heavy (non-hydrogen) atoms. The number of esters is 1. The van der Waals surface area contributed by atoms with Crippen LogP contribution in [0.4, 0.5) is 0 Å². The summed E-state index contributed by atoms with van der Waals surface area (Å²) in [4.78, 5) is 29.5. The summed E-state index contributed by atoms with van der Waals surface area (Å²) in [5.74, 6) is -0.459. The highest BCUT2D eigenvalue weighted by molar-refractivity contribution is 5.93. The molecule has 1 amide bonds. The average molecular weight is 278 g/mol. The van der Waals surface area contributed by atoms with Gasteiger partial charge in [0.2, 0.25) is 0 Å². The van der Waals surface area contributed by atoms with Gasteiger partial charge in [0, 0.05) is 19.3 Å². The summed E-state index contributed by atoms with van der Waals surface area (Å²) in [6.07, 6.45) is 1.44. The zero-order chi connectivity index (χ0) is 14.5. The molecule has 1 unspecified atom stereocenters. The van der Waals surface area contributed by atoms with Crippen LogP contribution in [-0.4, -0.2) is 54.7 Å². The van der Waals surface area contributed by atoms with Gasteiger partial charge in [-0.1, -0.05) is 6.07 Å². The summed E-state index contributed by atoms with van der Waals surface area (Å²) in [5.41, 5.74) is 1.29. The number of hydrogen-bond acceptors (Lipinski definition) is 5. The van der Waals surface area contributed by atoms with Crippen LogP contribution in [0.3, 0.4) is 0 Å². The molecule has 1 aromatic rings. The lowest BCUT2D eigenvalue weighted by molar-refractivity contribution is -0.145. The van der Waals surface area contributed by atoms with Gasteiger partial charge < -0.3 is 14.4 Å². The van der Waals surface area contributed by atoms with Crippen molar-refractivity contribution in [1.82, 2.24) is 9.88 Å². The maximum Gasteiger partial charge on any atom is 0.308 e. The van der Waals surface area contributed by atoms with E-state index >= 15 is 0 Å². The first-order valence-electron chi connectivity index (χ1n) is 6.51. The normalized spacial score (nSPS) is 18.7. The Balaban J connectivity index is 2.03. The minimum absolute atomic E-state index is 0.124. The lowest BCUT2D eigenvalue weighted by atomic mass is 10.1. The molecule has 0 bridgehead atoms. The first kappa shape index (κ1) is 14.5. The van der Waals surface area contributed by atoms with E-state index in [2.05, 4.69) is 9.72 Å². The molecule has 1 aliphatic rings. The molecule has 1 aliphatic heterocycles. The summed E-state index contributed by atoms with van der Waals surface area (Å²) in [6.45, 7) is 3.16. The number of aromatic nitrogens is 1. The number of ether oxygens (including phenoxy) is 2. The molecule has 1 fully saturated rings. The van der Waals surface area contributed by atoms with E-state index < -0.39 is 0 Å². The smallest absolute Gasteiger partial charge is 0.308 e. The predicted molar refractivity (Wildman–Crippen MR) is 71.3 cm³/mol. The first-order valence-corrected chi connectivity index (χ1v) is 6.51. The fourth-order valence-electron chi connectivity index (χ4n) is 2.16. The van der Waals surface area contributed by atoms with Crippen molar-refractivity contribution < 1.29 is 19.1 Å². The third-order valence-corrected chi connectivity index (χ3v) is 3.26. The number of rotatable bonds is 3. The van der Waals surface area contributed by atoms with E-state index in [1.165, 1.54) is 7.11 Å². The van der Waals surface area contributed by atoms with Crippen LogP contribution in [0.5, 0.6) is 0 Å². The number of carbonyl (C=O) groups is 2. The molecule has 0 aliphatic carbocycles. The summed E-state index contributed by atoms with van der Waals surface area (Å²) in [7, 11) is 1.34. The fraction of sp³-hybridized carbons (Fsp3) is 0.500. The summed E-state index contributed by atoms with van der Waals surface area (Å²) >= 11 is 0. The molecule has 6 nitrogen and oxygen atoms in total. The van der Waals surface area contributed by atoms with Gasteiger partial charge in [-0.05, 0) is 18.6 Å². The molecular formula is C14H18N2O4. The highest BCUT2D eigenvalue weighted by Crippen LogP contribution is 2.14. The van der Waals surface area contributed by atoms with E-state index in [1.54, 1.807) is 17.2 Å². The highest BCUT2D eigenvalue weighted by Gasteiger charge is 2.28. The first-order chi connectivity index (χ1) is 9.61. The van der Waals surface area contributed by atoms with Gasteiger partial charge in [0.15, 0.2) is 0 Å². The topological polar surface area (TPSA) is 68.7 Å². The van der Waals surface area contributed by atoms with Crippen molar-refractivity contribution in [2.45, 2.75) is 19.4 Å². The van der Waals surface area contributed by atoms with Crippen LogP contribution < -0.4 is 0 Å². The van der Waals surface area contributed by atoms with Gasteiger partial charge in [-0.15, -0.1) is 0 Å². The average Bonchev–Trinajstić information content (AvgIpc) is 2.47. The van der Waals surface area contributed by atoms with Crippen molar-refractivity contribution in [2.24, 2.45) is 0 Å². The van der Waals surface area contributed by atoms with Crippen LogP contribution >= 0.6 is 0 Å². The Bertz CT molecular complexity index is 504. The molecule has 1 aromatic heterocycles. The molecule has 0 N–H and O–H groups in total. The van der Waals surface area contributed by atoms with E-state index in [9.17, 15) is 9.59 Å². The number of carbonyl (C=O) groups excluding carboxylic acids is 2. The second-order valence-electron chi connectivity index (χ2n) is 4.69. The molecule has 1 atom stereocenters. The molecule has 2 heterocycles. The summed E-state index contributed by atoms with van der Waals surface area (Å²) in [6, 6.07) is 3.65. The van der Waals surface area contributed by atoms with E-state index in [0.29, 0.717) is 25.4 Å². The molecule has 0 spiro atoms. The van der Waals surface area contributed by atoms with Crippen LogP contribution in [0, 0.1) is 6.92 Å². The second-order valence-corrected chi connectivity index (χ2v) is 4.69. The summed E-state index contributed by atoms with van der Waals surface area (Å²) in [5, 5.41) is 0. The Kier molecular flexibility index (Phi) is 4.68. The van der Waals surface area contributed by atoms with Crippen LogP contribution in [0.1, 0.15) is 22.5 Å². The number of methoxy groups -OCH3 is 1. The number of hydrogen-bond donors (Lipinski definition) is 0. The summed E-state index contributed by atoms with van der Waals surface area (Å²) < 4.78 is 10.1. The van der Waals surface area contributed by atoms with Crippen LogP contribution in [0.25, 0.3) is 0 Å². The molecular weight excluding hydrogens is 260 g/mol. The Hall–Kier alpha value is -1.95. The van der Waals surface area contributed by atoms with Gasteiger partial charge in [-0.3, -0.25) is 14.6 Å². The van der Waals surface area contributed by atoms with Crippen LogP contribution in [0.2, 0.25) is 0 Å². The molecule has 0 radical (unpaired) electrons. The van der Waals surface area contributed by atoms with Crippen LogP contribution in [-0.2, 0) is 14.3 Å².